The third-order valence-electron chi connectivity index (χ3n) is 2.86. The van der Waals surface area contributed by atoms with Crippen molar-refractivity contribution in [1.29, 1.82) is 0 Å². The molecule has 0 spiro atoms. The SMILES string of the molecule is C/C=C\C=C/[C@H](CO)N=C=C1Cc2ccccc2N1. The zero-order valence-electron chi connectivity index (χ0n) is 11.0. The standard InChI is InChI=1S/C16H18N2O/c1-2-3-4-8-14(12-19)17-11-15-10-13-7-5-6-9-16(13)18-15/h2-9,14,18-19H,10,12H2,1H3/b3-2-,8-4-/t14-/m1/s1. The number of hydrogen-bond acceptors (Lipinski definition) is 3. The fourth-order valence-electron chi connectivity index (χ4n) is 1.87. The van der Waals surface area contributed by atoms with E-state index in [1.54, 1.807) is 0 Å². The van der Waals surface area contributed by atoms with Crippen molar-refractivity contribution in [3.8, 4) is 0 Å². The van der Waals surface area contributed by atoms with Gasteiger partial charge in [-0.1, -0.05) is 42.5 Å². The molecule has 0 amide bonds. The Morgan fingerprint density at radius 1 is 1.42 bits per heavy atom. The topological polar surface area (TPSA) is 44.6 Å². The number of nitrogens with one attached hydrogen (secondary N) is 1. The quantitative estimate of drug-likeness (QED) is 0.641. The van der Waals surface area contributed by atoms with Gasteiger partial charge in [-0.15, -0.1) is 0 Å². The lowest BCUT2D eigenvalue weighted by Crippen LogP contribution is -2.06. The first-order valence-corrected chi connectivity index (χ1v) is 6.40. The highest BCUT2D eigenvalue weighted by Gasteiger charge is 2.13. The number of hydrogen-bond donors (Lipinski definition) is 2. The molecule has 1 aromatic rings. The van der Waals surface area contributed by atoms with Gasteiger partial charge < -0.3 is 10.4 Å². The maximum absolute atomic E-state index is 9.23. The van der Waals surface area contributed by atoms with E-state index in [1.165, 1.54) is 5.56 Å². The number of aliphatic hydroxyl groups excluding tert-OH is 1. The molecule has 19 heavy (non-hydrogen) atoms. The third kappa shape index (κ3) is 3.68. The van der Waals surface area contributed by atoms with Crippen molar-refractivity contribution in [1.82, 2.24) is 0 Å². The molecule has 3 nitrogen and oxygen atoms in total. The second-order valence-electron chi connectivity index (χ2n) is 4.34. The van der Waals surface area contributed by atoms with Crippen LogP contribution >= 0.6 is 0 Å². The predicted octanol–water partition coefficient (Wildman–Crippen LogP) is 2.70. The van der Waals surface area contributed by atoms with Gasteiger partial charge in [0.15, 0.2) is 0 Å². The van der Waals surface area contributed by atoms with Crippen LogP contribution in [0.4, 0.5) is 5.69 Å². The van der Waals surface area contributed by atoms with Crippen LogP contribution in [-0.4, -0.2) is 23.6 Å². The molecule has 0 saturated carbocycles. The van der Waals surface area contributed by atoms with E-state index in [0.29, 0.717) is 0 Å². The van der Waals surface area contributed by atoms with E-state index < -0.39 is 0 Å². The Hall–Kier alpha value is -2.09. The average Bonchev–Trinajstić information content (AvgIpc) is 2.85. The summed E-state index contributed by atoms with van der Waals surface area (Å²) in [5.74, 6) is 3.00. The minimum atomic E-state index is -0.241. The van der Waals surface area contributed by atoms with E-state index in [2.05, 4.69) is 22.2 Å². The summed E-state index contributed by atoms with van der Waals surface area (Å²) in [6.45, 7) is 1.94. The van der Waals surface area contributed by atoms with Crippen LogP contribution in [0.2, 0.25) is 0 Å². The Labute approximate surface area is 113 Å². The number of nitrogens with zero attached hydrogens (tertiary/aromatic N) is 1. The molecule has 98 valence electrons. The van der Waals surface area contributed by atoms with Crippen molar-refractivity contribution in [3.63, 3.8) is 0 Å². The van der Waals surface area contributed by atoms with Gasteiger partial charge in [-0.05, 0) is 18.6 Å². The maximum atomic E-state index is 9.23. The number of allylic oxidation sites excluding steroid dienone is 4. The molecule has 2 N–H and O–H groups in total. The van der Waals surface area contributed by atoms with Gasteiger partial charge in [0.1, 0.15) is 6.04 Å². The van der Waals surface area contributed by atoms with Crippen LogP contribution in [0.3, 0.4) is 0 Å². The van der Waals surface area contributed by atoms with Crippen LogP contribution in [0.5, 0.6) is 0 Å². The highest BCUT2D eigenvalue weighted by Crippen LogP contribution is 2.25. The van der Waals surface area contributed by atoms with E-state index >= 15 is 0 Å². The lowest BCUT2D eigenvalue weighted by atomic mass is 10.1. The Kier molecular flexibility index (Phi) is 4.73. The zero-order chi connectivity index (χ0) is 13.5. The van der Waals surface area contributed by atoms with Crippen LogP contribution in [0.15, 0.2) is 59.3 Å². The Morgan fingerprint density at radius 3 is 3.00 bits per heavy atom. The maximum Gasteiger partial charge on any atom is 0.101 e. The average molecular weight is 254 g/mol. The number of benzene rings is 1. The lowest BCUT2D eigenvalue weighted by molar-refractivity contribution is 0.285. The Balaban J connectivity index is 2.08. The summed E-state index contributed by atoms with van der Waals surface area (Å²) in [7, 11) is 0. The summed E-state index contributed by atoms with van der Waals surface area (Å²) in [5.41, 5.74) is 3.31. The molecule has 0 aromatic heterocycles. The summed E-state index contributed by atoms with van der Waals surface area (Å²) in [4.78, 5) is 4.26. The first-order chi connectivity index (χ1) is 9.33. The fraction of sp³-hybridized carbons (Fsp3) is 0.250. The van der Waals surface area contributed by atoms with Gasteiger partial charge in [0.05, 0.1) is 12.3 Å². The molecule has 0 radical (unpaired) electrons. The van der Waals surface area contributed by atoms with Crippen molar-refractivity contribution >= 4 is 11.6 Å². The number of aliphatic imine (C=N–C) groups is 1. The highest BCUT2D eigenvalue weighted by atomic mass is 16.3. The molecule has 2 rings (SSSR count). The minimum absolute atomic E-state index is 0.0126. The molecule has 0 aliphatic carbocycles. The number of para-hydroxylation sites is 1. The summed E-state index contributed by atoms with van der Waals surface area (Å²) < 4.78 is 0. The van der Waals surface area contributed by atoms with Gasteiger partial charge in [-0.2, -0.15) is 0 Å². The second kappa shape index (κ2) is 6.74. The molecule has 0 bridgehead atoms. The smallest absolute Gasteiger partial charge is 0.101 e. The van der Waals surface area contributed by atoms with Gasteiger partial charge in [-0.25, -0.2) is 4.99 Å². The zero-order valence-corrected chi connectivity index (χ0v) is 11.0. The third-order valence-corrected chi connectivity index (χ3v) is 2.86. The van der Waals surface area contributed by atoms with E-state index in [1.807, 2.05) is 49.4 Å². The molecule has 3 heteroatoms. The molecule has 1 aliphatic rings. The molecule has 1 aliphatic heterocycles. The van der Waals surface area contributed by atoms with Crippen LogP contribution in [0, 0.1) is 0 Å². The van der Waals surface area contributed by atoms with Gasteiger partial charge in [0, 0.05) is 18.0 Å². The molecule has 0 unspecified atom stereocenters. The van der Waals surface area contributed by atoms with E-state index in [4.69, 9.17) is 0 Å². The highest BCUT2D eigenvalue weighted by molar-refractivity contribution is 5.73. The van der Waals surface area contributed by atoms with Crippen molar-refractivity contribution in [2.45, 2.75) is 19.4 Å². The molecule has 0 fully saturated rings. The number of anilines is 1. The summed E-state index contributed by atoms with van der Waals surface area (Å²) in [5, 5.41) is 12.5. The first-order valence-electron chi connectivity index (χ1n) is 6.40. The van der Waals surface area contributed by atoms with Gasteiger partial charge in [0.2, 0.25) is 0 Å². The molecule has 1 aromatic carbocycles. The van der Waals surface area contributed by atoms with E-state index in [-0.39, 0.29) is 12.6 Å². The molecular weight excluding hydrogens is 236 g/mol. The lowest BCUT2D eigenvalue weighted by Gasteiger charge is -1.99. The largest absolute Gasteiger partial charge is 0.394 e. The van der Waals surface area contributed by atoms with Crippen molar-refractivity contribution < 1.29 is 5.11 Å². The van der Waals surface area contributed by atoms with E-state index in [9.17, 15) is 5.11 Å². The normalized spacial score (nSPS) is 15.4. The number of rotatable bonds is 4. The Morgan fingerprint density at radius 2 is 2.26 bits per heavy atom. The summed E-state index contributed by atoms with van der Waals surface area (Å²) >= 11 is 0. The van der Waals surface area contributed by atoms with Gasteiger partial charge in [-0.3, -0.25) is 0 Å². The summed E-state index contributed by atoms with van der Waals surface area (Å²) in [6, 6.07) is 7.92. The second-order valence-corrected chi connectivity index (χ2v) is 4.34. The molecule has 1 heterocycles. The Bertz CT molecular complexity index is 525. The molecular formula is C16H18N2O. The first kappa shape index (κ1) is 13.3. The van der Waals surface area contributed by atoms with Crippen molar-refractivity contribution in [2.75, 3.05) is 11.9 Å². The van der Waals surface area contributed by atoms with Crippen LogP contribution in [0.25, 0.3) is 0 Å². The fourth-order valence-corrected chi connectivity index (χ4v) is 1.87. The van der Waals surface area contributed by atoms with Gasteiger partial charge in [0.25, 0.3) is 0 Å². The van der Waals surface area contributed by atoms with Crippen LogP contribution < -0.4 is 5.32 Å². The minimum Gasteiger partial charge on any atom is -0.394 e. The summed E-state index contributed by atoms with van der Waals surface area (Å²) in [6.07, 6.45) is 8.40. The molecule has 0 saturated heterocycles. The van der Waals surface area contributed by atoms with E-state index in [0.717, 1.165) is 17.8 Å². The number of fused-ring (bicyclic) bond motifs is 1. The predicted molar refractivity (Wildman–Crippen MR) is 79.5 cm³/mol. The monoisotopic (exact) mass is 254 g/mol. The van der Waals surface area contributed by atoms with Gasteiger partial charge >= 0.3 is 0 Å². The van der Waals surface area contributed by atoms with Crippen LogP contribution in [0.1, 0.15) is 12.5 Å². The van der Waals surface area contributed by atoms with Crippen molar-refractivity contribution in [3.05, 3.63) is 59.8 Å². The molecule has 1 atom stereocenters. The van der Waals surface area contributed by atoms with Crippen molar-refractivity contribution in [2.24, 2.45) is 4.99 Å². The van der Waals surface area contributed by atoms with Crippen LogP contribution in [-0.2, 0) is 6.42 Å². The number of aliphatic hydroxyl groups is 1.